The quantitative estimate of drug-likeness (QED) is 0.104. The number of esters is 2. The van der Waals surface area contributed by atoms with Crippen LogP contribution in [-0.2, 0) is 28.6 Å². The number of quaternary nitrogens is 2. The molecule has 8 rings (SSSR count). The van der Waals surface area contributed by atoms with E-state index >= 15 is 0 Å². The summed E-state index contributed by atoms with van der Waals surface area (Å²) in [5.74, 6) is 1.00. The van der Waals surface area contributed by atoms with Gasteiger partial charge in [-0.2, -0.15) is 0 Å². The molecule has 0 aromatic rings. The van der Waals surface area contributed by atoms with E-state index in [1.54, 1.807) is 13.0 Å². The minimum absolute atomic E-state index is 0.0229. The number of nitrogens with two attached hydrogens (primary N) is 3. The lowest BCUT2D eigenvalue weighted by Crippen LogP contribution is -2.96. The molecule has 0 bridgehead atoms. The van der Waals surface area contributed by atoms with E-state index < -0.39 is 11.2 Å². The van der Waals surface area contributed by atoms with Gasteiger partial charge in [-0.3, -0.25) is 15.3 Å². The second-order valence-electron chi connectivity index (χ2n) is 19.2. The van der Waals surface area contributed by atoms with Crippen molar-refractivity contribution >= 4 is 39.4 Å². The van der Waals surface area contributed by atoms with Crippen molar-refractivity contribution in [3.05, 3.63) is 23.3 Å². The van der Waals surface area contributed by atoms with Gasteiger partial charge in [-0.15, -0.1) is 0 Å². The number of carbonyl (C=O) groups excluding carboxylic acids is 3. The zero-order valence-electron chi connectivity index (χ0n) is 34.4. The molecule has 16 unspecified atom stereocenters. The fourth-order valence-corrected chi connectivity index (χ4v) is 16.0. The maximum absolute atomic E-state index is 14.5. The van der Waals surface area contributed by atoms with Gasteiger partial charge < -0.3 is 40.0 Å². The second-order valence-corrected chi connectivity index (χ2v) is 21.8. The van der Waals surface area contributed by atoms with Crippen molar-refractivity contribution in [1.29, 1.82) is 0 Å². The summed E-state index contributed by atoms with van der Waals surface area (Å²) in [5.41, 5.74) is 6.89. The zero-order valence-corrected chi connectivity index (χ0v) is 36.0. The maximum atomic E-state index is 14.5. The number of amides is 1. The Morgan fingerprint density at radius 3 is 2.74 bits per heavy atom. The number of carbonyl (C=O) groups is 3. The van der Waals surface area contributed by atoms with Gasteiger partial charge in [0, 0.05) is 80.3 Å². The monoisotopic (exact) mass is 832 g/mol. The lowest BCUT2D eigenvalue weighted by Gasteiger charge is -2.58. The molecule has 8 aliphatic rings. The summed E-state index contributed by atoms with van der Waals surface area (Å²) in [6.07, 6.45) is 11.5. The minimum atomic E-state index is -0.984. The van der Waals surface area contributed by atoms with E-state index in [1.165, 1.54) is 12.0 Å². The molecular formula is C43H68N4O8S2+2. The highest BCUT2D eigenvalue weighted by Gasteiger charge is 2.68. The Labute approximate surface area is 346 Å². The third-order valence-corrected chi connectivity index (χ3v) is 19.0. The lowest BCUT2D eigenvalue weighted by atomic mass is 9.56. The normalized spacial score (nSPS) is 45.0. The average molecular weight is 833 g/mol. The van der Waals surface area contributed by atoms with Crippen molar-refractivity contribution in [3.63, 3.8) is 0 Å². The van der Waals surface area contributed by atoms with Gasteiger partial charge in [-0.25, -0.2) is 4.79 Å². The van der Waals surface area contributed by atoms with Crippen LogP contribution in [0.25, 0.3) is 0 Å². The first kappa shape index (κ1) is 42.1. The highest BCUT2D eigenvalue weighted by Crippen LogP contribution is 2.62. The van der Waals surface area contributed by atoms with Crippen molar-refractivity contribution < 1.29 is 49.4 Å². The van der Waals surface area contributed by atoms with E-state index in [1.807, 2.05) is 28.5 Å². The van der Waals surface area contributed by atoms with E-state index in [4.69, 9.17) is 19.9 Å². The van der Waals surface area contributed by atoms with Crippen LogP contribution in [0.1, 0.15) is 91.4 Å². The van der Waals surface area contributed by atoms with Crippen LogP contribution in [0.15, 0.2) is 23.3 Å². The SMILES string of the molecule is CC=C(C)C(=O)OC1(C)CC=C2CSSC3CCC([NH2+]C)C4CN(C(=O)CC5C[NH2+]C(N)CC5C2C12CC1CC5CC(CC(CO)CCO)C(=O)OC5CC1O2)C34. The van der Waals surface area contributed by atoms with Gasteiger partial charge in [0.25, 0.3) is 0 Å². The standard InChI is InChI=1S/C43H66N4O8S2/c1-5-23(2)40(51)55-42(3)10-8-25-22-56-57-35-7-6-32(45-4)31-20-47(39(31)35)37(50)15-29-19-46-36(44)16-30(29)38(25)43(42)18-28-14-26-13-27(12-24(21-49)9-11-48)41(52)53-33(26)17-34(28)54-43/h5,8,24,26-36,38-39,45-46,48-49H,6-7,9-22,44H2,1-4H3/p+2. The first-order valence-corrected chi connectivity index (χ1v) is 24.4. The zero-order chi connectivity index (χ0) is 40.2. The number of ether oxygens (including phenoxy) is 3. The Morgan fingerprint density at radius 1 is 1.16 bits per heavy atom. The molecule has 8 N–H and O–H groups in total. The van der Waals surface area contributed by atoms with Crippen LogP contribution < -0.4 is 16.4 Å². The number of aliphatic hydroxyl groups excluding tert-OH is 2. The van der Waals surface area contributed by atoms with Crippen LogP contribution in [0.4, 0.5) is 0 Å². The summed E-state index contributed by atoms with van der Waals surface area (Å²) in [6.45, 7) is 7.27. The Kier molecular flexibility index (Phi) is 12.6. The summed E-state index contributed by atoms with van der Waals surface area (Å²) in [4.78, 5) is 44.0. The van der Waals surface area contributed by atoms with Crippen molar-refractivity contribution in [3.8, 4) is 0 Å². The van der Waals surface area contributed by atoms with Gasteiger partial charge in [-0.1, -0.05) is 39.3 Å². The number of aliphatic hydroxyl groups is 2. The highest BCUT2D eigenvalue weighted by molar-refractivity contribution is 8.77. The maximum Gasteiger partial charge on any atom is 0.334 e. The molecule has 5 saturated heterocycles. The van der Waals surface area contributed by atoms with Gasteiger partial charge in [-0.05, 0) is 83.0 Å². The summed E-state index contributed by atoms with van der Waals surface area (Å²) in [6, 6.07) is 0.866. The molecule has 1 spiro atoms. The third kappa shape index (κ3) is 7.67. The Bertz CT molecular complexity index is 1600. The molecular weight excluding hydrogens is 765 g/mol. The van der Waals surface area contributed by atoms with E-state index in [-0.39, 0.29) is 90.9 Å². The van der Waals surface area contributed by atoms with Gasteiger partial charge in [0.1, 0.15) is 23.5 Å². The number of hydrogen-bond acceptors (Lipinski definition) is 11. The molecule has 5 heterocycles. The highest BCUT2D eigenvalue weighted by atomic mass is 33.1. The fraction of sp³-hybridized carbons (Fsp3) is 0.837. The lowest BCUT2D eigenvalue weighted by molar-refractivity contribution is -0.706. The number of hydrogen-bond donors (Lipinski definition) is 5. The van der Waals surface area contributed by atoms with Crippen LogP contribution in [0.5, 0.6) is 0 Å². The summed E-state index contributed by atoms with van der Waals surface area (Å²) in [7, 11) is 6.08. The number of rotatable bonds is 8. The van der Waals surface area contributed by atoms with Crippen LogP contribution >= 0.6 is 21.6 Å². The van der Waals surface area contributed by atoms with Crippen molar-refractivity contribution in [2.24, 2.45) is 53.1 Å². The van der Waals surface area contributed by atoms with Gasteiger partial charge >= 0.3 is 11.9 Å². The fourth-order valence-electron chi connectivity index (χ4n) is 12.9. The molecule has 16 atom stereocenters. The molecule has 0 aromatic carbocycles. The molecule has 3 aliphatic carbocycles. The van der Waals surface area contributed by atoms with Crippen LogP contribution in [-0.4, -0.2) is 119 Å². The summed E-state index contributed by atoms with van der Waals surface area (Å²) >= 11 is 0. The molecule has 12 nitrogen and oxygen atoms in total. The van der Waals surface area contributed by atoms with Crippen molar-refractivity contribution in [1.82, 2.24) is 4.90 Å². The molecule has 7 fully saturated rings. The van der Waals surface area contributed by atoms with E-state index in [9.17, 15) is 24.6 Å². The molecule has 5 aliphatic heterocycles. The van der Waals surface area contributed by atoms with Crippen molar-refractivity contribution in [2.45, 2.75) is 138 Å². The topological polar surface area (TPSA) is 182 Å². The molecule has 0 aromatic heterocycles. The first-order chi connectivity index (χ1) is 27.4. The first-order valence-electron chi connectivity index (χ1n) is 22.0. The van der Waals surface area contributed by atoms with Crippen LogP contribution in [0.3, 0.4) is 0 Å². The molecule has 1 amide bonds. The van der Waals surface area contributed by atoms with Gasteiger partial charge in [0.2, 0.25) is 5.91 Å². The summed E-state index contributed by atoms with van der Waals surface area (Å²) < 4.78 is 20.6. The van der Waals surface area contributed by atoms with Gasteiger partial charge in [0.05, 0.1) is 43.6 Å². The van der Waals surface area contributed by atoms with E-state index in [0.29, 0.717) is 73.8 Å². The third-order valence-electron chi connectivity index (χ3n) is 16.1. The Morgan fingerprint density at radius 2 is 1.98 bits per heavy atom. The Hall–Kier alpha value is -1.65. The van der Waals surface area contributed by atoms with Crippen molar-refractivity contribution in [2.75, 3.05) is 39.1 Å². The number of piperidine rings is 1. The average Bonchev–Trinajstić information content (AvgIpc) is 3.55. The largest absolute Gasteiger partial charge is 0.462 e. The van der Waals surface area contributed by atoms with Crippen LogP contribution in [0, 0.1) is 47.3 Å². The molecule has 14 heteroatoms. The predicted molar refractivity (Wildman–Crippen MR) is 218 cm³/mol. The molecule has 2 saturated carbocycles. The number of allylic oxidation sites excluding steroid dienone is 1. The smallest absolute Gasteiger partial charge is 0.334 e. The predicted octanol–water partition coefficient (Wildman–Crippen LogP) is 1.89. The Balaban J connectivity index is 1.15. The second kappa shape index (κ2) is 17.0. The number of nitrogens with zero attached hydrogens (tertiary/aromatic N) is 1. The van der Waals surface area contributed by atoms with E-state index in [0.717, 1.165) is 38.1 Å². The molecule has 57 heavy (non-hydrogen) atoms. The van der Waals surface area contributed by atoms with Gasteiger partial charge in [0.15, 0.2) is 0 Å². The minimum Gasteiger partial charge on any atom is -0.462 e. The number of fused-ring (bicyclic) bond motifs is 6. The molecule has 0 radical (unpaired) electrons. The summed E-state index contributed by atoms with van der Waals surface area (Å²) in [5, 5.41) is 24.5. The van der Waals surface area contributed by atoms with E-state index in [2.05, 4.69) is 35.6 Å². The van der Waals surface area contributed by atoms with Crippen LogP contribution in [0.2, 0.25) is 0 Å². The molecule has 318 valence electrons.